The van der Waals surface area contributed by atoms with Gasteiger partial charge < -0.3 is 10.1 Å². The molecule has 1 aliphatic heterocycles. The normalized spacial score (nSPS) is 31.6. The molecule has 1 heterocycles. The van der Waals surface area contributed by atoms with Crippen molar-refractivity contribution in [3.63, 3.8) is 0 Å². The molecule has 0 amide bonds. The van der Waals surface area contributed by atoms with Crippen molar-refractivity contribution in [1.29, 1.82) is 0 Å². The molecule has 1 rings (SSSR count). The summed E-state index contributed by atoms with van der Waals surface area (Å²) in [5.74, 6) is 0.752. The topological polar surface area (TPSA) is 21.3 Å². The highest BCUT2D eigenvalue weighted by molar-refractivity contribution is 4.81. The molecule has 3 atom stereocenters. The minimum Gasteiger partial charge on any atom is -0.385 e. The Hall–Kier alpha value is -0.0800. The summed E-state index contributed by atoms with van der Waals surface area (Å²) in [6, 6.07) is 1.43. The molecular formula is C11H23NO. The summed E-state index contributed by atoms with van der Waals surface area (Å²) in [6.07, 6.45) is 5.25. The van der Waals surface area contributed by atoms with Crippen molar-refractivity contribution >= 4 is 0 Å². The highest BCUT2D eigenvalue weighted by Gasteiger charge is 2.22. The van der Waals surface area contributed by atoms with Crippen LogP contribution in [0.5, 0.6) is 0 Å². The van der Waals surface area contributed by atoms with Crippen LogP contribution in [0.4, 0.5) is 0 Å². The Morgan fingerprint density at radius 2 is 2.23 bits per heavy atom. The van der Waals surface area contributed by atoms with Crippen LogP contribution in [0.15, 0.2) is 0 Å². The summed E-state index contributed by atoms with van der Waals surface area (Å²) in [5, 5.41) is 3.67. The maximum atomic E-state index is 5.10. The number of hydrogen-bond acceptors (Lipinski definition) is 2. The Morgan fingerprint density at radius 1 is 1.46 bits per heavy atom. The van der Waals surface area contributed by atoms with Crippen molar-refractivity contribution in [1.82, 2.24) is 5.32 Å². The average Bonchev–Trinajstić information content (AvgIpc) is 2.14. The van der Waals surface area contributed by atoms with E-state index in [9.17, 15) is 0 Å². The first-order valence-electron chi connectivity index (χ1n) is 5.49. The molecule has 0 aromatic carbocycles. The molecule has 0 aromatic rings. The Morgan fingerprint density at radius 3 is 2.85 bits per heavy atom. The Balaban J connectivity index is 2.24. The monoisotopic (exact) mass is 185 g/mol. The molecule has 0 radical (unpaired) electrons. The Kier molecular flexibility index (Phi) is 4.74. The third kappa shape index (κ3) is 3.65. The van der Waals surface area contributed by atoms with Crippen molar-refractivity contribution in [3.8, 4) is 0 Å². The van der Waals surface area contributed by atoms with E-state index in [4.69, 9.17) is 4.74 Å². The summed E-state index contributed by atoms with van der Waals surface area (Å²) in [7, 11) is 1.78. The molecule has 0 aliphatic carbocycles. The number of piperidine rings is 1. The van der Waals surface area contributed by atoms with Gasteiger partial charge >= 0.3 is 0 Å². The van der Waals surface area contributed by atoms with E-state index >= 15 is 0 Å². The van der Waals surface area contributed by atoms with E-state index in [2.05, 4.69) is 19.2 Å². The fraction of sp³-hybridized carbons (Fsp3) is 1.00. The summed E-state index contributed by atoms with van der Waals surface area (Å²) in [6.45, 7) is 5.51. The summed E-state index contributed by atoms with van der Waals surface area (Å²) in [4.78, 5) is 0. The Bertz CT molecular complexity index is 138. The highest BCUT2D eigenvalue weighted by atomic mass is 16.5. The van der Waals surface area contributed by atoms with Gasteiger partial charge in [0.25, 0.3) is 0 Å². The standard InChI is InChI=1S/C11H23NO/c1-9(7-8-13-3)11-6-4-5-10(2)12-11/h9-12H,4-8H2,1-3H3. The van der Waals surface area contributed by atoms with Crippen LogP contribution >= 0.6 is 0 Å². The molecule has 0 spiro atoms. The maximum absolute atomic E-state index is 5.10. The van der Waals surface area contributed by atoms with Crippen LogP contribution in [0.2, 0.25) is 0 Å². The zero-order chi connectivity index (χ0) is 9.68. The smallest absolute Gasteiger partial charge is 0.0465 e. The molecule has 1 saturated heterocycles. The molecular weight excluding hydrogens is 162 g/mol. The largest absolute Gasteiger partial charge is 0.385 e. The third-order valence-electron chi connectivity index (χ3n) is 3.12. The van der Waals surface area contributed by atoms with E-state index in [0.29, 0.717) is 6.04 Å². The van der Waals surface area contributed by atoms with Crippen LogP contribution in [-0.4, -0.2) is 25.8 Å². The molecule has 3 unspecified atom stereocenters. The van der Waals surface area contributed by atoms with E-state index in [0.717, 1.165) is 18.6 Å². The van der Waals surface area contributed by atoms with Gasteiger partial charge in [0, 0.05) is 25.8 Å². The lowest BCUT2D eigenvalue weighted by Crippen LogP contribution is -2.44. The zero-order valence-corrected chi connectivity index (χ0v) is 9.18. The first-order valence-corrected chi connectivity index (χ1v) is 5.49. The fourth-order valence-electron chi connectivity index (χ4n) is 2.13. The quantitative estimate of drug-likeness (QED) is 0.725. The van der Waals surface area contributed by atoms with E-state index in [-0.39, 0.29) is 0 Å². The predicted molar refractivity (Wildman–Crippen MR) is 55.9 cm³/mol. The second-order valence-corrected chi connectivity index (χ2v) is 4.36. The number of ether oxygens (including phenoxy) is 1. The maximum Gasteiger partial charge on any atom is 0.0465 e. The predicted octanol–water partition coefficient (Wildman–Crippen LogP) is 2.19. The molecule has 1 fully saturated rings. The number of methoxy groups -OCH3 is 1. The van der Waals surface area contributed by atoms with Gasteiger partial charge in [-0.05, 0) is 32.1 Å². The van der Waals surface area contributed by atoms with Gasteiger partial charge in [-0.3, -0.25) is 0 Å². The molecule has 2 nitrogen and oxygen atoms in total. The van der Waals surface area contributed by atoms with Gasteiger partial charge in [-0.2, -0.15) is 0 Å². The van der Waals surface area contributed by atoms with Crippen LogP contribution in [0.25, 0.3) is 0 Å². The van der Waals surface area contributed by atoms with Gasteiger partial charge in [0.2, 0.25) is 0 Å². The first-order chi connectivity index (χ1) is 6.24. The van der Waals surface area contributed by atoms with Crippen molar-refractivity contribution in [2.45, 2.75) is 51.6 Å². The van der Waals surface area contributed by atoms with Gasteiger partial charge in [-0.15, -0.1) is 0 Å². The molecule has 1 aliphatic rings. The second-order valence-electron chi connectivity index (χ2n) is 4.36. The zero-order valence-electron chi connectivity index (χ0n) is 9.18. The van der Waals surface area contributed by atoms with Crippen LogP contribution in [0, 0.1) is 5.92 Å². The van der Waals surface area contributed by atoms with Gasteiger partial charge in [0.1, 0.15) is 0 Å². The first kappa shape index (κ1) is 11.0. The molecule has 0 saturated carbocycles. The number of rotatable bonds is 4. The highest BCUT2D eigenvalue weighted by Crippen LogP contribution is 2.20. The summed E-state index contributed by atoms with van der Waals surface area (Å²) < 4.78 is 5.10. The number of nitrogens with one attached hydrogen (secondary N) is 1. The van der Waals surface area contributed by atoms with E-state index in [1.807, 2.05) is 0 Å². The lowest BCUT2D eigenvalue weighted by atomic mass is 9.89. The number of hydrogen-bond donors (Lipinski definition) is 1. The van der Waals surface area contributed by atoms with Gasteiger partial charge in [-0.1, -0.05) is 13.3 Å². The molecule has 78 valence electrons. The molecule has 0 bridgehead atoms. The van der Waals surface area contributed by atoms with Gasteiger partial charge in [-0.25, -0.2) is 0 Å². The summed E-state index contributed by atoms with van der Waals surface area (Å²) >= 11 is 0. The van der Waals surface area contributed by atoms with E-state index in [1.165, 1.54) is 25.7 Å². The Labute approximate surface area is 82.0 Å². The fourth-order valence-corrected chi connectivity index (χ4v) is 2.13. The van der Waals surface area contributed by atoms with Crippen molar-refractivity contribution in [2.24, 2.45) is 5.92 Å². The molecule has 0 aromatic heterocycles. The van der Waals surface area contributed by atoms with Crippen LogP contribution in [0.1, 0.15) is 39.5 Å². The SMILES string of the molecule is COCCC(C)C1CCCC(C)N1. The van der Waals surface area contributed by atoms with Crippen LogP contribution in [0.3, 0.4) is 0 Å². The van der Waals surface area contributed by atoms with Crippen molar-refractivity contribution in [3.05, 3.63) is 0 Å². The molecule has 1 N–H and O–H groups in total. The van der Waals surface area contributed by atoms with Gasteiger partial charge in [0.05, 0.1) is 0 Å². The molecule has 2 heteroatoms. The molecule has 13 heavy (non-hydrogen) atoms. The van der Waals surface area contributed by atoms with Gasteiger partial charge in [0.15, 0.2) is 0 Å². The van der Waals surface area contributed by atoms with Crippen molar-refractivity contribution < 1.29 is 4.74 Å². The van der Waals surface area contributed by atoms with Crippen LogP contribution < -0.4 is 5.32 Å². The lowest BCUT2D eigenvalue weighted by Gasteiger charge is -2.33. The van der Waals surface area contributed by atoms with Crippen molar-refractivity contribution in [2.75, 3.05) is 13.7 Å². The average molecular weight is 185 g/mol. The van der Waals surface area contributed by atoms with E-state index in [1.54, 1.807) is 7.11 Å². The third-order valence-corrected chi connectivity index (χ3v) is 3.12. The van der Waals surface area contributed by atoms with E-state index < -0.39 is 0 Å². The minimum absolute atomic E-state index is 0.712. The minimum atomic E-state index is 0.712. The second kappa shape index (κ2) is 5.61. The lowest BCUT2D eigenvalue weighted by molar-refractivity contribution is 0.160. The summed E-state index contributed by atoms with van der Waals surface area (Å²) in [5.41, 5.74) is 0. The van der Waals surface area contributed by atoms with Crippen LogP contribution in [-0.2, 0) is 4.74 Å².